The maximum atomic E-state index is 10.6. The normalized spacial score (nSPS) is 12.5. The number of hydrogen-bond acceptors (Lipinski definition) is 4. The smallest absolute Gasteiger partial charge is 0.272 e. The predicted octanol–water partition coefficient (Wildman–Crippen LogP) is 0.862. The van der Waals surface area contributed by atoms with Crippen LogP contribution in [0.25, 0.3) is 0 Å². The van der Waals surface area contributed by atoms with Gasteiger partial charge in [0.05, 0.1) is 4.92 Å². The minimum atomic E-state index is -0.415. The highest BCUT2D eigenvalue weighted by Crippen LogP contribution is 2.24. The molecule has 0 aliphatic heterocycles. The van der Waals surface area contributed by atoms with Crippen LogP contribution in [0.15, 0.2) is 18.2 Å². The average Bonchev–Trinajstić information content (AvgIpc) is 2.16. The van der Waals surface area contributed by atoms with Crippen molar-refractivity contribution < 1.29 is 4.92 Å². The van der Waals surface area contributed by atoms with E-state index in [2.05, 4.69) is 0 Å². The zero-order valence-electron chi connectivity index (χ0n) is 7.93. The van der Waals surface area contributed by atoms with Crippen molar-refractivity contribution in [1.82, 2.24) is 0 Å². The summed E-state index contributed by atoms with van der Waals surface area (Å²) in [4.78, 5) is 10.2. The van der Waals surface area contributed by atoms with Crippen molar-refractivity contribution in [3.63, 3.8) is 0 Å². The molecular weight excluding hydrogens is 182 g/mol. The summed E-state index contributed by atoms with van der Waals surface area (Å²) in [7, 11) is 0. The van der Waals surface area contributed by atoms with E-state index in [9.17, 15) is 10.1 Å². The molecule has 0 radical (unpaired) electrons. The Morgan fingerprint density at radius 1 is 1.57 bits per heavy atom. The van der Waals surface area contributed by atoms with Gasteiger partial charge in [-0.25, -0.2) is 0 Å². The third-order valence-corrected chi connectivity index (χ3v) is 2.20. The molecular formula is C9H13N3O2. The topological polar surface area (TPSA) is 95.2 Å². The fourth-order valence-corrected chi connectivity index (χ4v) is 1.37. The quantitative estimate of drug-likeness (QED) is 0.552. The maximum Gasteiger partial charge on any atom is 0.272 e. The molecule has 0 unspecified atom stereocenters. The lowest BCUT2D eigenvalue weighted by Crippen LogP contribution is -2.21. The van der Waals surface area contributed by atoms with Crippen molar-refractivity contribution in [3.05, 3.63) is 39.4 Å². The molecule has 4 N–H and O–H groups in total. The highest BCUT2D eigenvalue weighted by Gasteiger charge is 2.16. The van der Waals surface area contributed by atoms with Crippen LogP contribution in [0.5, 0.6) is 0 Å². The molecule has 0 aromatic heterocycles. The average molecular weight is 195 g/mol. The number of nitro groups is 1. The first-order chi connectivity index (χ1) is 6.57. The van der Waals surface area contributed by atoms with E-state index in [0.717, 1.165) is 5.56 Å². The van der Waals surface area contributed by atoms with E-state index < -0.39 is 4.92 Å². The van der Waals surface area contributed by atoms with Crippen LogP contribution in [0.4, 0.5) is 5.69 Å². The molecule has 1 aromatic rings. The lowest BCUT2D eigenvalue weighted by Gasteiger charge is -2.11. The first-order valence-electron chi connectivity index (χ1n) is 4.27. The summed E-state index contributed by atoms with van der Waals surface area (Å²) < 4.78 is 0. The third-order valence-electron chi connectivity index (χ3n) is 2.20. The number of nitro benzene ring substituents is 1. The number of nitrogens with two attached hydrogens (primary N) is 2. The lowest BCUT2D eigenvalue weighted by atomic mass is 10.0. The lowest BCUT2D eigenvalue weighted by molar-refractivity contribution is -0.385. The van der Waals surface area contributed by atoms with E-state index in [4.69, 9.17) is 11.5 Å². The molecule has 0 bridgehead atoms. The van der Waals surface area contributed by atoms with Crippen LogP contribution in [0.3, 0.4) is 0 Å². The van der Waals surface area contributed by atoms with Gasteiger partial charge >= 0.3 is 0 Å². The molecule has 0 aliphatic rings. The first kappa shape index (κ1) is 10.6. The minimum absolute atomic E-state index is 0.0893. The maximum absolute atomic E-state index is 10.6. The molecule has 1 rings (SSSR count). The summed E-state index contributed by atoms with van der Waals surface area (Å²) in [6, 6.07) is 4.51. The van der Waals surface area contributed by atoms with E-state index >= 15 is 0 Å². The van der Waals surface area contributed by atoms with Crippen LogP contribution in [-0.4, -0.2) is 11.5 Å². The highest BCUT2D eigenvalue weighted by atomic mass is 16.6. The zero-order chi connectivity index (χ0) is 10.7. The van der Waals surface area contributed by atoms with Gasteiger partial charge < -0.3 is 11.5 Å². The van der Waals surface area contributed by atoms with Crippen molar-refractivity contribution in [2.75, 3.05) is 6.54 Å². The van der Waals surface area contributed by atoms with E-state index in [1.165, 1.54) is 6.07 Å². The molecule has 0 spiro atoms. The molecule has 0 amide bonds. The second-order valence-corrected chi connectivity index (χ2v) is 3.09. The Hall–Kier alpha value is -1.46. The van der Waals surface area contributed by atoms with E-state index in [0.29, 0.717) is 5.56 Å². The summed E-state index contributed by atoms with van der Waals surface area (Å²) in [6.07, 6.45) is 0. The molecule has 0 saturated heterocycles. The molecule has 0 aliphatic carbocycles. The molecule has 1 atom stereocenters. The number of benzene rings is 1. The van der Waals surface area contributed by atoms with Gasteiger partial charge in [-0.15, -0.1) is 0 Å². The van der Waals surface area contributed by atoms with Crippen LogP contribution in [0, 0.1) is 17.0 Å². The van der Waals surface area contributed by atoms with Gasteiger partial charge in [0.2, 0.25) is 0 Å². The molecule has 14 heavy (non-hydrogen) atoms. The fraction of sp³-hybridized carbons (Fsp3) is 0.333. The zero-order valence-corrected chi connectivity index (χ0v) is 7.93. The predicted molar refractivity (Wildman–Crippen MR) is 53.8 cm³/mol. The molecule has 5 nitrogen and oxygen atoms in total. The van der Waals surface area contributed by atoms with E-state index in [-0.39, 0.29) is 18.3 Å². The highest BCUT2D eigenvalue weighted by molar-refractivity contribution is 5.45. The van der Waals surface area contributed by atoms with Gasteiger partial charge in [-0.3, -0.25) is 10.1 Å². The van der Waals surface area contributed by atoms with Gasteiger partial charge in [-0.1, -0.05) is 12.1 Å². The Bertz CT molecular complexity index is 352. The van der Waals surface area contributed by atoms with Crippen molar-refractivity contribution >= 4 is 5.69 Å². The molecule has 76 valence electrons. The van der Waals surface area contributed by atoms with E-state index in [1.54, 1.807) is 19.1 Å². The molecule has 0 saturated carbocycles. The summed E-state index contributed by atoms with van der Waals surface area (Å²) in [6.45, 7) is 1.96. The van der Waals surface area contributed by atoms with Gasteiger partial charge in [-0.2, -0.15) is 0 Å². The van der Waals surface area contributed by atoms with Crippen LogP contribution in [-0.2, 0) is 0 Å². The van der Waals surface area contributed by atoms with Crippen LogP contribution >= 0.6 is 0 Å². The largest absolute Gasteiger partial charge is 0.329 e. The summed E-state index contributed by atoms with van der Waals surface area (Å²) in [5.41, 5.74) is 12.5. The Morgan fingerprint density at radius 3 is 2.71 bits per heavy atom. The standard InChI is InChI=1S/C9H13N3O2/c1-6-7(8(11)5-10)3-2-4-9(6)12(13)14/h2-4,8H,5,10-11H2,1H3/t8-/m0/s1. The van der Waals surface area contributed by atoms with Crippen LogP contribution in [0.2, 0.25) is 0 Å². The van der Waals surface area contributed by atoms with E-state index in [1.807, 2.05) is 0 Å². The molecule has 0 fully saturated rings. The Kier molecular flexibility index (Phi) is 3.16. The summed E-state index contributed by atoms with van der Waals surface area (Å²) in [5, 5.41) is 10.6. The second kappa shape index (κ2) is 4.17. The van der Waals surface area contributed by atoms with Crippen molar-refractivity contribution in [3.8, 4) is 0 Å². The van der Waals surface area contributed by atoms with Crippen molar-refractivity contribution in [1.29, 1.82) is 0 Å². The molecule has 5 heteroatoms. The van der Waals surface area contributed by atoms with Crippen molar-refractivity contribution in [2.45, 2.75) is 13.0 Å². The van der Waals surface area contributed by atoms with Crippen LogP contribution in [0.1, 0.15) is 17.2 Å². The van der Waals surface area contributed by atoms with Gasteiger partial charge in [0.25, 0.3) is 5.69 Å². The Balaban J connectivity index is 3.20. The number of rotatable bonds is 3. The second-order valence-electron chi connectivity index (χ2n) is 3.09. The monoisotopic (exact) mass is 195 g/mol. The summed E-state index contributed by atoms with van der Waals surface area (Å²) in [5.74, 6) is 0. The Labute approximate surface area is 81.9 Å². The van der Waals surface area contributed by atoms with Gasteiger partial charge in [0, 0.05) is 24.2 Å². The first-order valence-corrected chi connectivity index (χ1v) is 4.27. The third kappa shape index (κ3) is 1.89. The molecule has 0 heterocycles. The summed E-state index contributed by atoms with van der Waals surface area (Å²) >= 11 is 0. The Morgan fingerprint density at radius 2 is 2.21 bits per heavy atom. The van der Waals surface area contributed by atoms with Crippen molar-refractivity contribution in [2.24, 2.45) is 11.5 Å². The number of hydrogen-bond donors (Lipinski definition) is 2. The number of nitrogens with zero attached hydrogens (tertiary/aromatic N) is 1. The SMILES string of the molecule is Cc1c([C@@H](N)CN)cccc1[N+](=O)[O-]. The van der Waals surface area contributed by atoms with Gasteiger partial charge in [0.1, 0.15) is 0 Å². The minimum Gasteiger partial charge on any atom is -0.329 e. The van der Waals surface area contributed by atoms with Gasteiger partial charge in [0.15, 0.2) is 0 Å². The van der Waals surface area contributed by atoms with Crippen LogP contribution < -0.4 is 11.5 Å². The molecule has 1 aromatic carbocycles. The fourth-order valence-electron chi connectivity index (χ4n) is 1.37. The van der Waals surface area contributed by atoms with Gasteiger partial charge in [-0.05, 0) is 12.5 Å².